The Morgan fingerprint density at radius 1 is 1.38 bits per heavy atom. The Morgan fingerprint density at radius 3 is 2.54 bits per heavy atom. The number of halogens is 1. The number of amides is 2. The molecule has 0 aromatic heterocycles. The zero-order valence-corrected chi connectivity index (χ0v) is 6.58. The van der Waals surface area contributed by atoms with Crippen LogP contribution in [0.15, 0.2) is 24.3 Å². The zero-order valence-electron chi connectivity index (χ0n) is 6.58. The van der Waals surface area contributed by atoms with E-state index in [0.717, 1.165) is 0 Å². The molecule has 0 saturated carbocycles. The second-order valence-corrected chi connectivity index (χ2v) is 2.18. The van der Waals surface area contributed by atoms with Crippen LogP contribution in [0.5, 0.6) is 0 Å². The fourth-order valence-electron chi connectivity index (χ4n) is 0.743. The van der Waals surface area contributed by atoms with Gasteiger partial charge < -0.3 is 5.32 Å². The summed E-state index contributed by atoms with van der Waals surface area (Å²) in [5.74, 6) is 4.20. The molecule has 0 heterocycles. The van der Waals surface area contributed by atoms with Crippen molar-refractivity contribution < 1.29 is 14.1 Å². The van der Waals surface area contributed by atoms with Crippen LogP contribution in [-0.2, 0) is 4.94 Å². The molecular formula is C7H8FN3O2. The van der Waals surface area contributed by atoms with Crippen molar-refractivity contribution in [1.82, 2.24) is 5.48 Å². The third-order valence-electron chi connectivity index (χ3n) is 1.25. The summed E-state index contributed by atoms with van der Waals surface area (Å²) in [5.41, 5.74) is 2.28. The van der Waals surface area contributed by atoms with Crippen molar-refractivity contribution in [3.63, 3.8) is 0 Å². The maximum Gasteiger partial charge on any atom is 0.344 e. The van der Waals surface area contributed by atoms with Crippen molar-refractivity contribution in [3.8, 4) is 0 Å². The number of rotatable bonds is 2. The van der Waals surface area contributed by atoms with Crippen LogP contribution in [0.4, 0.5) is 14.9 Å². The van der Waals surface area contributed by atoms with Crippen LogP contribution >= 0.6 is 0 Å². The van der Waals surface area contributed by atoms with Gasteiger partial charge in [0.25, 0.3) is 0 Å². The molecule has 0 bridgehead atoms. The van der Waals surface area contributed by atoms with Crippen molar-refractivity contribution in [2.45, 2.75) is 0 Å². The Balaban J connectivity index is 2.54. The zero-order chi connectivity index (χ0) is 9.68. The van der Waals surface area contributed by atoms with E-state index in [4.69, 9.17) is 0 Å². The quantitative estimate of drug-likeness (QED) is 0.595. The first-order chi connectivity index (χ1) is 6.22. The number of carbonyl (C=O) groups excluding carboxylic acids is 1. The summed E-state index contributed by atoms with van der Waals surface area (Å²) < 4.78 is 12.4. The first kappa shape index (κ1) is 9.43. The standard InChI is InChI=1S/C7H8FN3O2/c8-5-1-3-6(4-2-5)10-7(12)11-13-9/h1-4H,9H2,(H2,10,11,12). The van der Waals surface area contributed by atoms with Gasteiger partial charge in [-0.05, 0) is 24.3 Å². The van der Waals surface area contributed by atoms with Gasteiger partial charge in [-0.1, -0.05) is 0 Å². The highest BCUT2D eigenvalue weighted by atomic mass is 19.1. The van der Waals surface area contributed by atoms with Gasteiger partial charge in [0, 0.05) is 5.69 Å². The molecule has 1 aromatic carbocycles. The van der Waals surface area contributed by atoms with Crippen LogP contribution in [0, 0.1) is 5.82 Å². The molecule has 1 rings (SSSR count). The number of anilines is 1. The van der Waals surface area contributed by atoms with E-state index in [2.05, 4.69) is 16.2 Å². The number of carbonyl (C=O) groups is 1. The lowest BCUT2D eigenvalue weighted by Crippen LogP contribution is -2.31. The molecular weight excluding hydrogens is 177 g/mol. The van der Waals surface area contributed by atoms with Gasteiger partial charge in [0.05, 0.1) is 0 Å². The summed E-state index contributed by atoms with van der Waals surface area (Å²) in [7, 11) is 0. The average Bonchev–Trinajstić information content (AvgIpc) is 2.09. The topological polar surface area (TPSA) is 76.4 Å². The largest absolute Gasteiger partial charge is 0.344 e. The monoisotopic (exact) mass is 185 g/mol. The Kier molecular flexibility index (Phi) is 3.18. The predicted octanol–water partition coefficient (Wildman–Crippen LogP) is 0.753. The molecule has 6 heteroatoms. The summed E-state index contributed by atoms with van der Waals surface area (Å²) in [5, 5.41) is 2.35. The molecule has 0 aliphatic rings. The van der Waals surface area contributed by atoms with Crippen LogP contribution in [0.1, 0.15) is 0 Å². The summed E-state index contributed by atoms with van der Waals surface area (Å²) in [6.45, 7) is 0. The number of hydroxylamine groups is 1. The molecule has 13 heavy (non-hydrogen) atoms. The van der Waals surface area contributed by atoms with Gasteiger partial charge in [0.15, 0.2) is 0 Å². The van der Waals surface area contributed by atoms with Crippen LogP contribution in [0.25, 0.3) is 0 Å². The molecule has 0 atom stereocenters. The van der Waals surface area contributed by atoms with Crippen LogP contribution in [0.3, 0.4) is 0 Å². The van der Waals surface area contributed by atoms with Crippen LogP contribution in [0.2, 0.25) is 0 Å². The summed E-state index contributed by atoms with van der Waals surface area (Å²) in [4.78, 5) is 14.6. The van der Waals surface area contributed by atoms with E-state index in [9.17, 15) is 9.18 Å². The first-order valence-electron chi connectivity index (χ1n) is 3.40. The van der Waals surface area contributed by atoms with E-state index in [1.807, 2.05) is 5.48 Å². The van der Waals surface area contributed by atoms with Crippen molar-refractivity contribution in [2.24, 2.45) is 5.90 Å². The Morgan fingerprint density at radius 2 is 2.00 bits per heavy atom. The van der Waals surface area contributed by atoms with E-state index in [1.54, 1.807) is 0 Å². The molecule has 0 radical (unpaired) electrons. The summed E-state index contributed by atoms with van der Waals surface area (Å²) in [6.07, 6.45) is 0. The van der Waals surface area contributed by atoms with Gasteiger partial charge in [-0.2, -0.15) is 16.3 Å². The minimum atomic E-state index is -0.630. The van der Waals surface area contributed by atoms with Crippen LogP contribution in [-0.4, -0.2) is 6.03 Å². The third-order valence-corrected chi connectivity index (χ3v) is 1.25. The van der Waals surface area contributed by atoms with Crippen molar-refractivity contribution in [2.75, 3.05) is 5.32 Å². The van der Waals surface area contributed by atoms with Gasteiger partial charge >= 0.3 is 6.03 Å². The van der Waals surface area contributed by atoms with Crippen molar-refractivity contribution in [3.05, 3.63) is 30.1 Å². The third kappa shape index (κ3) is 3.06. The number of hydrogen-bond acceptors (Lipinski definition) is 3. The van der Waals surface area contributed by atoms with Gasteiger partial charge in [-0.25, -0.2) is 9.18 Å². The lowest BCUT2D eigenvalue weighted by Gasteiger charge is -2.03. The minimum absolute atomic E-state index is 0.374. The summed E-state index contributed by atoms with van der Waals surface area (Å²) >= 11 is 0. The normalized spacial score (nSPS) is 9.38. The maximum atomic E-state index is 12.4. The highest BCUT2D eigenvalue weighted by Crippen LogP contribution is 2.07. The Bertz CT molecular complexity index is 288. The molecule has 70 valence electrons. The number of nitrogens with two attached hydrogens (primary N) is 1. The number of urea groups is 1. The molecule has 2 amide bonds. The molecule has 0 saturated heterocycles. The molecule has 0 unspecified atom stereocenters. The SMILES string of the molecule is NONC(=O)Nc1ccc(F)cc1. The molecule has 1 aromatic rings. The second-order valence-electron chi connectivity index (χ2n) is 2.18. The predicted molar refractivity (Wildman–Crippen MR) is 43.8 cm³/mol. The lowest BCUT2D eigenvalue weighted by atomic mass is 10.3. The van der Waals surface area contributed by atoms with Crippen molar-refractivity contribution >= 4 is 11.7 Å². The van der Waals surface area contributed by atoms with E-state index < -0.39 is 6.03 Å². The summed E-state index contributed by atoms with van der Waals surface area (Å²) in [6, 6.07) is 4.63. The highest BCUT2D eigenvalue weighted by molar-refractivity contribution is 5.88. The second kappa shape index (κ2) is 4.39. The maximum absolute atomic E-state index is 12.4. The molecule has 0 aliphatic carbocycles. The Labute approximate surface area is 73.6 Å². The number of benzene rings is 1. The fourth-order valence-corrected chi connectivity index (χ4v) is 0.743. The van der Waals surface area contributed by atoms with Gasteiger partial charge in [0.1, 0.15) is 5.82 Å². The number of hydrogen-bond donors (Lipinski definition) is 3. The fraction of sp³-hybridized carbons (Fsp3) is 0. The molecule has 5 nitrogen and oxygen atoms in total. The number of nitrogens with one attached hydrogen (secondary N) is 2. The first-order valence-corrected chi connectivity index (χ1v) is 3.40. The van der Waals surface area contributed by atoms with Crippen LogP contribution < -0.4 is 16.7 Å². The van der Waals surface area contributed by atoms with Gasteiger partial charge in [0.2, 0.25) is 0 Å². The Hall–Kier alpha value is -1.66. The van der Waals surface area contributed by atoms with E-state index in [-0.39, 0.29) is 5.82 Å². The smallest absolute Gasteiger partial charge is 0.306 e. The average molecular weight is 185 g/mol. The molecule has 0 aliphatic heterocycles. The molecule has 0 fully saturated rings. The van der Waals surface area contributed by atoms with Gasteiger partial charge in [-0.15, -0.1) is 0 Å². The molecule has 0 spiro atoms. The van der Waals surface area contributed by atoms with E-state index >= 15 is 0 Å². The lowest BCUT2D eigenvalue weighted by molar-refractivity contribution is 0.0667. The highest BCUT2D eigenvalue weighted by Gasteiger charge is 1.99. The molecule has 4 N–H and O–H groups in total. The van der Waals surface area contributed by atoms with E-state index in [0.29, 0.717) is 5.69 Å². The van der Waals surface area contributed by atoms with E-state index in [1.165, 1.54) is 24.3 Å². The minimum Gasteiger partial charge on any atom is -0.306 e. The van der Waals surface area contributed by atoms with Gasteiger partial charge in [-0.3, -0.25) is 0 Å². The van der Waals surface area contributed by atoms with Crippen molar-refractivity contribution in [1.29, 1.82) is 0 Å².